The topological polar surface area (TPSA) is 73.6 Å². The first-order valence-corrected chi connectivity index (χ1v) is 12.0. The van der Waals surface area contributed by atoms with Gasteiger partial charge in [0.1, 0.15) is 5.75 Å². The Morgan fingerprint density at radius 1 is 1.00 bits per heavy atom. The molecule has 2 heterocycles. The van der Waals surface area contributed by atoms with Crippen molar-refractivity contribution >= 4 is 28.3 Å². The lowest BCUT2D eigenvalue weighted by Gasteiger charge is -2.29. The molecular weight excluding hydrogens is 446 g/mol. The molecule has 0 aliphatic heterocycles. The van der Waals surface area contributed by atoms with E-state index in [2.05, 4.69) is 51.6 Å². The molecule has 0 aliphatic carbocycles. The second-order valence-corrected chi connectivity index (χ2v) is 11.5. The number of nitrogens with zero attached hydrogens (tertiary/aromatic N) is 3. The van der Waals surface area contributed by atoms with Crippen molar-refractivity contribution in [3.05, 3.63) is 74.0 Å². The summed E-state index contributed by atoms with van der Waals surface area (Å²) in [6.07, 6.45) is 1.87. The van der Waals surface area contributed by atoms with E-state index in [-0.39, 0.29) is 22.4 Å². The Morgan fingerprint density at radius 2 is 1.59 bits per heavy atom. The highest BCUT2D eigenvalue weighted by Crippen LogP contribution is 2.41. The van der Waals surface area contributed by atoms with Gasteiger partial charge in [0.15, 0.2) is 5.82 Å². The SMILES string of the molecule is CC(=O)Oc1c(C(C)(C)C)cc(/C=c2\sc3nc(-c4ccccc4)nn3c2=O)cc1C(C)(C)C. The molecule has 4 aromatic rings. The van der Waals surface area contributed by atoms with Crippen molar-refractivity contribution in [3.8, 4) is 17.1 Å². The average Bonchev–Trinajstić information content (AvgIpc) is 3.27. The molecule has 0 unspecified atom stereocenters. The molecule has 0 aliphatic rings. The van der Waals surface area contributed by atoms with Gasteiger partial charge in [0.25, 0.3) is 5.56 Å². The van der Waals surface area contributed by atoms with Gasteiger partial charge in [-0.2, -0.15) is 9.50 Å². The van der Waals surface area contributed by atoms with Crippen LogP contribution in [0.15, 0.2) is 47.3 Å². The summed E-state index contributed by atoms with van der Waals surface area (Å²) in [4.78, 5) is 30.1. The monoisotopic (exact) mass is 475 g/mol. The third-order valence-corrected chi connectivity index (χ3v) is 6.44. The van der Waals surface area contributed by atoms with Crippen LogP contribution in [0.5, 0.6) is 5.75 Å². The maximum atomic E-state index is 13.1. The Balaban J connectivity index is 1.90. The second-order valence-electron chi connectivity index (χ2n) is 10.5. The smallest absolute Gasteiger partial charge is 0.308 e. The standard InChI is InChI=1S/C27H29N3O3S/c1-16(31)33-22-19(26(2,3)4)13-17(14-20(22)27(5,6)7)15-21-24(32)30-25(34-21)28-23(29-30)18-11-9-8-10-12-18/h8-15H,1-7H3/b21-15-. The molecule has 0 atom stereocenters. The highest BCUT2D eigenvalue weighted by molar-refractivity contribution is 7.15. The zero-order chi connectivity index (χ0) is 24.8. The van der Waals surface area contributed by atoms with E-state index in [0.717, 1.165) is 22.3 Å². The average molecular weight is 476 g/mol. The summed E-state index contributed by atoms with van der Waals surface area (Å²) in [5.74, 6) is 0.780. The van der Waals surface area contributed by atoms with Crippen LogP contribution >= 0.6 is 11.3 Å². The van der Waals surface area contributed by atoms with E-state index >= 15 is 0 Å². The van der Waals surface area contributed by atoms with Gasteiger partial charge in [-0.1, -0.05) is 83.2 Å². The van der Waals surface area contributed by atoms with Gasteiger partial charge in [-0.05, 0) is 34.6 Å². The number of rotatable bonds is 3. The molecule has 0 saturated heterocycles. The van der Waals surface area contributed by atoms with E-state index in [0.29, 0.717) is 21.1 Å². The van der Waals surface area contributed by atoms with Crippen molar-refractivity contribution in [3.63, 3.8) is 0 Å². The zero-order valence-corrected chi connectivity index (χ0v) is 21.4. The first kappa shape index (κ1) is 23.8. The van der Waals surface area contributed by atoms with Crippen LogP contribution in [-0.4, -0.2) is 20.6 Å². The van der Waals surface area contributed by atoms with Crippen LogP contribution in [0.25, 0.3) is 22.4 Å². The Kier molecular flexibility index (Phi) is 5.94. The number of esters is 1. The van der Waals surface area contributed by atoms with E-state index in [1.165, 1.54) is 22.8 Å². The van der Waals surface area contributed by atoms with Crippen molar-refractivity contribution in [1.82, 2.24) is 14.6 Å². The minimum Gasteiger partial charge on any atom is -0.426 e. The molecule has 0 N–H and O–H groups in total. The largest absolute Gasteiger partial charge is 0.426 e. The minimum atomic E-state index is -0.352. The molecule has 176 valence electrons. The Hall–Kier alpha value is -3.32. The van der Waals surface area contributed by atoms with Crippen LogP contribution in [0.4, 0.5) is 0 Å². The van der Waals surface area contributed by atoms with Gasteiger partial charge < -0.3 is 4.74 Å². The highest BCUT2D eigenvalue weighted by atomic mass is 32.1. The molecule has 6 nitrogen and oxygen atoms in total. The highest BCUT2D eigenvalue weighted by Gasteiger charge is 2.28. The fourth-order valence-corrected chi connectivity index (χ4v) is 4.70. The molecule has 0 radical (unpaired) electrons. The van der Waals surface area contributed by atoms with Gasteiger partial charge in [0.2, 0.25) is 4.96 Å². The lowest BCUT2D eigenvalue weighted by molar-refractivity contribution is -0.132. The number of hydrogen-bond acceptors (Lipinski definition) is 6. The first-order valence-electron chi connectivity index (χ1n) is 11.2. The van der Waals surface area contributed by atoms with Crippen LogP contribution in [0.2, 0.25) is 0 Å². The third-order valence-electron chi connectivity index (χ3n) is 5.48. The van der Waals surface area contributed by atoms with Crippen LogP contribution < -0.4 is 14.8 Å². The molecule has 2 aromatic heterocycles. The van der Waals surface area contributed by atoms with Crippen LogP contribution in [0.1, 0.15) is 65.2 Å². The Labute approximate surface area is 202 Å². The summed E-state index contributed by atoms with van der Waals surface area (Å²) in [6.45, 7) is 13.9. The molecular formula is C27H29N3O3S. The summed E-state index contributed by atoms with van der Waals surface area (Å²) in [6, 6.07) is 13.6. The number of benzene rings is 2. The third kappa shape index (κ3) is 4.66. The summed E-state index contributed by atoms with van der Waals surface area (Å²) >= 11 is 1.31. The van der Waals surface area contributed by atoms with E-state index in [1.807, 2.05) is 48.5 Å². The lowest BCUT2D eigenvalue weighted by atomic mass is 9.78. The molecule has 0 amide bonds. The molecule has 0 saturated carbocycles. The number of hydrogen-bond donors (Lipinski definition) is 0. The van der Waals surface area contributed by atoms with E-state index in [9.17, 15) is 9.59 Å². The molecule has 4 rings (SSSR count). The fourth-order valence-electron chi connectivity index (χ4n) is 3.80. The molecule has 7 heteroatoms. The van der Waals surface area contributed by atoms with Gasteiger partial charge >= 0.3 is 5.97 Å². The molecule has 2 aromatic carbocycles. The van der Waals surface area contributed by atoms with Crippen LogP contribution in [-0.2, 0) is 15.6 Å². The molecule has 0 spiro atoms. The number of aromatic nitrogens is 3. The van der Waals surface area contributed by atoms with Gasteiger partial charge in [-0.3, -0.25) is 9.59 Å². The molecule has 34 heavy (non-hydrogen) atoms. The predicted molar refractivity (Wildman–Crippen MR) is 137 cm³/mol. The number of ether oxygens (including phenoxy) is 1. The van der Waals surface area contributed by atoms with Gasteiger partial charge in [-0.25, -0.2) is 0 Å². The van der Waals surface area contributed by atoms with Crippen molar-refractivity contribution in [1.29, 1.82) is 0 Å². The normalized spacial score (nSPS) is 13.0. The first-order chi connectivity index (χ1) is 15.8. The second kappa shape index (κ2) is 8.47. The zero-order valence-electron chi connectivity index (χ0n) is 20.6. The Bertz CT molecular complexity index is 1450. The maximum absolute atomic E-state index is 13.1. The summed E-state index contributed by atoms with van der Waals surface area (Å²) in [5.41, 5.74) is 2.83. The predicted octanol–water partition coefficient (Wildman–Crippen LogP) is 4.89. The fraction of sp³-hybridized carbons (Fsp3) is 0.333. The van der Waals surface area contributed by atoms with Crippen LogP contribution in [0, 0.1) is 0 Å². The van der Waals surface area contributed by atoms with E-state index < -0.39 is 0 Å². The van der Waals surface area contributed by atoms with Crippen molar-refractivity contribution in [2.75, 3.05) is 0 Å². The van der Waals surface area contributed by atoms with E-state index in [4.69, 9.17) is 4.74 Å². The van der Waals surface area contributed by atoms with E-state index in [1.54, 1.807) is 0 Å². The number of thiazole rings is 1. The lowest BCUT2D eigenvalue weighted by Crippen LogP contribution is -2.24. The maximum Gasteiger partial charge on any atom is 0.308 e. The summed E-state index contributed by atoms with van der Waals surface area (Å²) in [7, 11) is 0. The van der Waals surface area contributed by atoms with Crippen molar-refractivity contribution in [2.45, 2.75) is 59.3 Å². The summed E-state index contributed by atoms with van der Waals surface area (Å²) < 4.78 is 7.63. The molecule has 0 bridgehead atoms. The van der Waals surface area contributed by atoms with Crippen molar-refractivity contribution < 1.29 is 9.53 Å². The summed E-state index contributed by atoms with van der Waals surface area (Å²) in [5, 5.41) is 4.43. The number of fused-ring (bicyclic) bond motifs is 1. The quantitative estimate of drug-likeness (QED) is 0.312. The Morgan fingerprint density at radius 3 is 2.09 bits per heavy atom. The number of carbonyl (C=O) groups is 1. The molecule has 0 fully saturated rings. The number of carbonyl (C=O) groups excluding carboxylic acids is 1. The van der Waals surface area contributed by atoms with Gasteiger partial charge in [0, 0.05) is 23.6 Å². The van der Waals surface area contributed by atoms with Crippen LogP contribution in [0.3, 0.4) is 0 Å². The minimum absolute atomic E-state index is 0.201. The van der Waals surface area contributed by atoms with Crippen molar-refractivity contribution in [2.24, 2.45) is 0 Å². The van der Waals surface area contributed by atoms with Gasteiger partial charge in [-0.15, -0.1) is 5.10 Å². The van der Waals surface area contributed by atoms with Gasteiger partial charge in [0.05, 0.1) is 4.53 Å².